The van der Waals surface area contributed by atoms with E-state index < -0.39 is 5.82 Å². The first-order valence-electron chi connectivity index (χ1n) is 5.61. The van der Waals surface area contributed by atoms with Gasteiger partial charge < -0.3 is 4.74 Å². The molecule has 18 heavy (non-hydrogen) atoms. The Kier molecular flexibility index (Phi) is 3.72. The number of rotatable bonds is 4. The summed E-state index contributed by atoms with van der Waals surface area (Å²) in [5, 5.41) is 0. The van der Waals surface area contributed by atoms with Crippen LogP contribution in [-0.2, 0) is 6.42 Å². The standard InChI is InChI=1S/C15H13FO2/c1-18-14-9-12(8-13(16)10-14)15(17)7-11-5-3-2-4-6-11/h2-6,8-10H,7H2,1H3. The smallest absolute Gasteiger partial charge is 0.167 e. The van der Waals surface area contributed by atoms with Gasteiger partial charge in [0.1, 0.15) is 11.6 Å². The number of hydrogen-bond donors (Lipinski definition) is 0. The highest BCUT2D eigenvalue weighted by molar-refractivity contribution is 5.97. The van der Waals surface area contributed by atoms with E-state index in [0.29, 0.717) is 11.3 Å². The average molecular weight is 244 g/mol. The van der Waals surface area contributed by atoms with Crippen molar-refractivity contribution in [1.82, 2.24) is 0 Å². The lowest BCUT2D eigenvalue weighted by molar-refractivity contribution is 0.0992. The number of hydrogen-bond acceptors (Lipinski definition) is 2. The Labute approximate surface area is 105 Å². The van der Waals surface area contributed by atoms with E-state index in [1.165, 1.54) is 19.2 Å². The van der Waals surface area contributed by atoms with Crippen LogP contribution in [0.1, 0.15) is 15.9 Å². The maximum Gasteiger partial charge on any atom is 0.167 e. The van der Waals surface area contributed by atoms with Crippen molar-refractivity contribution >= 4 is 5.78 Å². The highest BCUT2D eigenvalue weighted by Crippen LogP contribution is 2.17. The number of methoxy groups -OCH3 is 1. The monoisotopic (exact) mass is 244 g/mol. The zero-order valence-corrected chi connectivity index (χ0v) is 10.0. The number of benzene rings is 2. The minimum atomic E-state index is -0.467. The highest BCUT2D eigenvalue weighted by atomic mass is 19.1. The Bertz CT molecular complexity index is 550. The fraction of sp³-hybridized carbons (Fsp3) is 0.133. The van der Waals surface area contributed by atoms with E-state index >= 15 is 0 Å². The van der Waals surface area contributed by atoms with Crippen molar-refractivity contribution in [2.24, 2.45) is 0 Å². The number of carbonyl (C=O) groups is 1. The molecule has 0 aliphatic carbocycles. The molecule has 2 rings (SSSR count). The summed E-state index contributed by atoms with van der Waals surface area (Å²) in [5.41, 5.74) is 1.24. The van der Waals surface area contributed by atoms with Gasteiger partial charge in [-0.15, -0.1) is 0 Å². The molecule has 0 fully saturated rings. The van der Waals surface area contributed by atoms with Crippen molar-refractivity contribution in [3.63, 3.8) is 0 Å². The fourth-order valence-electron chi connectivity index (χ4n) is 1.72. The molecular weight excluding hydrogens is 231 g/mol. The minimum absolute atomic E-state index is 0.126. The van der Waals surface area contributed by atoms with Crippen LogP contribution in [0.5, 0.6) is 5.75 Å². The second-order valence-corrected chi connectivity index (χ2v) is 3.97. The van der Waals surface area contributed by atoms with Gasteiger partial charge >= 0.3 is 0 Å². The third-order valence-corrected chi connectivity index (χ3v) is 2.64. The van der Waals surface area contributed by atoms with E-state index in [1.807, 2.05) is 30.3 Å². The molecule has 2 aromatic carbocycles. The third kappa shape index (κ3) is 2.94. The molecule has 2 nitrogen and oxygen atoms in total. The molecule has 0 spiro atoms. The summed E-state index contributed by atoms with van der Waals surface area (Å²) in [6.07, 6.45) is 0.257. The predicted molar refractivity (Wildman–Crippen MR) is 67.4 cm³/mol. The van der Waals surface area contributed by atoms with E-state index in [9.17, 15) is 9.18 Å². The van der Waals surface area contributed by atoms with Crippen LogP contribution >= 0.6 is 0 Å². The maximum absolute atomic E-state index is 13.3. The Balaban J connectivity index is 2.21. The lowest BCUT2D eigenvalue weighted by Gasteiger charge is -2.05. The van der Waals surface area contributed by atoms with Crippen molar-refractivity contribution in [2.45, 2.75) is 6.42 Å². The van der Waals surface area contributed by atoms with Gasteiger partial charge in [-0.3, -0.25) is 4.79 Å². The molecule has 0 radical (unpaired) electrons. The first-order valence-corrected chi connectivity index (χ1v) is 5.61. The second-order valence-electron chi connectivity index (χ2n) is 3.97. The summed E-state index contributed by atoms with van der Waals surface area (Å²) in [4.78, 5) is 12.0. The molecule has 0 saturated heterocycles. The number of ether oxygens (including phenoxy) is 1. The highest BCUT2D eigenvalue weighted by Gasteiger charge is 2.10. The zero-order chi connectivity index (χ0) is 13.0. The molecule has 0 unspecified atom stereocenters. The molecule has 3 heteroatoms. The molecule has 0 aliphatic rings. The number of halogens is 1. The Morgan fingerprint density at radius 2 is 1.89 bits per heavy atom. The molecular formula is C15H13FO2. The van der Waals surface area contributed by atoms with Crippen LogP contribution in [0.2, 0.25) is 0 Å². The van der Waals surface area contributed by atoms with Gasteiger partial charge in [0, 0.05) is 18.1 Å². The largest absolute Gasteiger partial charge is 0.497 e. The summed E-state index contributed by atoms with van der Waals surface area (Å²) in [6.45, 7) is 0. The minimum Gasteiger partial charge on any atom is -0.497 e. The van der Waals surface area contributed by atoms with Gasteiger partial charge in [0.25, 0.3) is 0 Å². The summed E-state index contributed by atoms with van der Waals surface area (Å²) >= 11 is 0. The van der Waals surface area contributed by atoms with E-state index in [4.69, 9.17) is 4.74 Å². The van der Waals surface area contributed by atoms with Crippen molar-refractivity contribution in [3.05, 3.63) is 65.5 Å². The summed E-state index contributed by atoms with van der Waals surface area (Å²) < 4.78 is 18.2. The van der Waals surface area contributed by atoms with Crippen LogP contribution in [0.25, 0.3) is 0 Å². The van der Waals surface area contributed by atoms with E-state index in [0.717, 1.165) is 5.56 Å². The van der Waals surface area contributed by atoms with Crippen molar-refractivity contribution in [1.29, 1.82) is 0 Å². The fourth-order valence-corrected chi connectivity index (χ4v) is 1.72. The quantitative estimate of drug-likeness (QED) is 0.772. The molecule has 0 N–H and O–H groups in total. The lowest BCUT2D eigenvalue weighted by atomic mass is 10.0. The summed E-state index contributed by atoms with van der Waals surface area (Å²) in [6, 6.07) is 13.4. The number of carbonyl (C=O) groups excluding carboxylic acids is 1. The molecule has 0 heterocycles. The third-order valence-electron chi connectivity index (χ3n) is 2.64. The molecule has 0 aliphatic heterocycles. The normalized spacial score (nSPS) is 10.1. The molecule has 2 aromatic rings. The van der Waals surface area contributed by atoms with Gasteiger partial charge in [0.05, 0.1) is 7.11 Å². The molecule has 0 saturated carbocycles. The van der Waals surface area contributed by atoms with Crippen LogP contribution in [0.15, 0.2) is 48.5 Å². The van der Waals surface area contributed by atoms with Crippen LogP contribution in [0, 0.1) is 5.82 Å². The van der Waals surface area contributed by atoms with Gasteiger partial charge in [-0.05, 0) is 17.7 Å². The second kappa shape index (κ2) is 5.45. The Hall–Kier alpha value is -2.16. The van der Waals surface area contributed by atoms with Gasteiger partial charge in [0.2, 0.25) is 0 Å². The topological polar surface area (TPSA) is 26.3 Å². The van der Waals surface area contributed by atoms with Gasteiger partial charge in [-0.1, -0.05) is 30.3 Å². The molecule has 0 bridgehead atoms. The van der Waals surface area contributed by atoms with E-state index in [1.54, 1.807) is 6.07 Å². The van der Waals surface area contributed by atoms with Gasteiger partial charge in [0.15, 0.2) is 5.78 Å². The van der Waals surface area contributed by atoms with Crippen LogP contribution in [0.4, 0.5) is 4.39 Å². The van der Waals surface area contributed by atoms with E-state index in [2.05, 4.69) is 0 Å². The molecule has 0 amide bonds. The zero-order valence-electron chi connectivity index (χ0n) is 10.0. The van der Waals surface area contributed by atoms with Crippen molar-refractivity contribution in [3.8, 4) is 5.75 Å². The Morgan fingerprint density at radius 3 is 2.56 bits per heavy atom. The first-order chi connectivity index (χ1) is 8.69. The molecule has 92 valence electrons. The van der Waals surface area contributed by atoms with Crippen LogP contribution < -0.4 is 4.74 Å². The molecule has 0 aromatic heterocycles. The first kappa shape index (κ1) is 12.3. The number of ketones is 1. The summed E-state index contributed by atoms with van der Waals surface area (Å²) in [7, 11) is 1.44. The average Bonchev–Trinajstić information content (AvgIpc) is 2.39. The maximum atomic E-state index is 13.3. The van der Waals surface area contributed by atoms with Crippen LogP contribution in [0.3, 0.4) is 0 Å². The van der Waals surface area contributed by atoms with Crippen molar-refractivity contribution in [2.75, 3.05) is 7.11 Å². The Morgan fingerprint density at radius 1 is 1.17 bits per heavy atom. The van der Waals surface area contributed by atoms with Gasteiger partial charge in [-0.2, -0.15) is 0 Å². The van der Waals surface area contributed by atoms with Crippen LogP contribution in [-0.4, -0.2) is 12.9 Å². The SMILES string of the molecule is COc1cc(F)cc(C(=O)Cc2ccccc2)c1. The number of Topliss-reactive ketones (excluding diaryl/α,β-unsaturated/α-hetero) is 1. The predicted octanol–water partition coefficient (Wildman–Crippen LogP) is 3.26. The summed E-state index contributed by atoms with van der Waals surface area (Å²) in [5.74, 6) is -0.240. The van der Waals surface area contributed by atoms with Gasteiger partial charge in [-0.25, -0.2) is 4.39 Å². The van der Waals surface area contributed by atoms with E-state index in [-0.39, 0.29) is 12.2 Å². The lowest BCUT2D eigenvalue weighted by Crippen LogP contribution is -2.04. The van der Waals surface area contributed by atoms with Crippen molar-refractivity contribution < 1.29 is 13.9 Å². The molecule has 0 atom stereocenters.